The average molecular weight is 290 g/mol. The Morgan fingerprint density at radius 2 is 2.10 bits per heavy atom. The Balaban J connectivity index is 1.89. The van der Waals surface area contributed by atoms with E-state index in [0.717, 1.165) is 21.8 Å². The van der Waals surface area contributed by atoms with E-state index in [-0.39, 0.29) is 11.9 Å². The van der Waals surface area contributed by atoms with Crippen LogP contribution in [-0.2, 0) is 4.79 Å². The summed E-state index contributed by atoms with van der Waals surface area (Å²) in [6.07, 6.45) is 3.45. The van der Waals surface area contributed by atoms with Crippen molar-refractivity contribution in [1.29, 1.82) is 0 Å². The van der Waals surface area contributed by atoms with Gasteiger partial charge in [0.2, 0.25) is 5.91 Å². The molecule has 0 radical (unpaired) electrons. The molecule has 1 atom stereocenters. The summed E-state index contributed by atoms with van der Waals surface area (Å²) in [5, 5.41) is 10.1. The predicted octanol–water partition coefficient (Wildman–Crippen LogP) is 2.39. The summed E-state index contributed by atoms with van der Waals surface area (Å²) >= 11 is 1.50. The van der Waals surface area contributed by atoms with Crippen molar-refractivity contribution in [3.8, 4) is 0 Å². The summed E-state index contributed by atoms with van der Waals surface area (Å²) in [5.74, 6) is 0.406. The highest BCUT2D eigenvalue weighted by Crippen LogP contribution is 2.20. The van der Waals surface area contributed by atoms with Crippen LogP contribution >= 0.6 is 11.8 Å². The molecule has 5 nitrogen and oxygen atoms in total. The first-order chi connectivity index (χ1) is 9.58. The fourth-order valence-electron chi connectivity index (χ4n) is 2.14. The molecule has 106 valence electrons. The minimum atomic E-state index is -0.0423. The zero-order chi connectivity index (χ0) is 14.5. The van der Waals surface area contributed by atoms with Crippen LogP contribution in [0.25, 0.3) is 0 Å². The van der Waals surface area contributed by atoms with Crippen molar-refractivity contribution in [1.82, 2.24) is 20.5 Å². The van der Waals surface area contributed by atoms with Gasteiger partial charge in [-0.2, -0.15) is 5.10 Å². The lowest BCUT2D eigenvalue weighted by Crippen LogP contribution is -2.28. The van der Waals surface area contributed by atoms with E-state index in [1.54, 1.807) is 12.4 Å². The Labute approximate surface area is 122 Å². The van der Waals surface area contributed by atoms with E-state index in [0.29, 0.717) is 5.75 Å². The van der Waals surface area contributed by atoms with Crippen molar-refractivity contribution in [2.24, 2.45) is 0 Å². The van der Waals surface area contributed by atoms with Gasteiger partial charge >= 0.3 is 0 Å². The van der Waals surface area contributed by atoms with Gasteiger partial charge in [-0.3, -0.25) is 14.9 Å². The first-order valence-corrected chi connectivity index (χ1v) is 7.40. The Kier molecular flexibility index (Phi) is 4.79. The molecule has 0 aromatic carbocycles. The molecule has 0 aliphatic rings. The number of nitrogens with zero attached hydrogens (tertiary/aromatic N) is 2. The van der Waals surface area contributed by atoms with Gasteiger partial charge in [0, 0.05) is 28.5 Å². The van der Waals surface area contributed by atoms with Crippen molar-refractivity contribution in [3.63, 3.8) is 0 Å². The highest BCUT2D eigenvalue weighted by atomic mass is 32.2. The third-order valence-electron chi connectivity index (χ3n) is 3.02. The SMILES string of the molecule is Cc1n[nH]c(C)c1[C@H](C)NC(=O)CSc1ccncc1. The van der Waals surface area contributed by atoms with Gasteiger partial charge in [0.25, 0.3) is 0 Å². The van der Waals surface area contributed by atoms with Gasteiger partial charge < -0.3 is 5.32 Å². The van der Waals surface area contributed by atoms with Crippen LogP contribution in [0.1, 0.15) is 29.9 Å². The molecule has 0 fully saturated rings. The Morgan fingerprint density at radius 1 is 1.40 bits per heavy atom. The minimum Gasteiger partial charge on any atom is -0.349 e. The summed E-state index contributed by atoms with van der Waals surface area (Å²) in [4.78, 5) is 17.0. The van der Waals surface area contributed by atoms with Gasteiger partial charge in [-0.25, -0.2) is 0 Å². The molecule has 2 heterocycles. The molecular formula is C14H18N4OS. The quantitative estimate of drug-likeness (QED) is 0.830. The van der Waals surface area contributed by atoms with Gasteiger partial charge in [0.15, 0.2) is 0 Å². The third-order valence-corrected chi connectivity index (χ3v) is 4.03. The van der Waals surface area contributed by atoms with Crippen LogP contribution in [0.4, 0.5) is 0 Å². The number of rotatable bonds is 5. The van der Waals surface area contributed by atoms with Crippen LogP contribution in [-0.4, -0.2) is 26.8 Å². The third kappa shape index (κ3) is 3.60. The maximum absolute atomic E-state index is 12.0. The number of aromatic nitrogens is 3. The maximum atomic E-state index is 12.0. The lowest BCUT2D eigenvalue weighted by atomic mass is 10.1. The van der Waals surface area contributed by atoms with Crippen LogP contribution in [0.3, 0.4) is 0 Å². The highest BCUT2D eigenvalue weighted by molar-refractivity contribution is 8.00. The number of thioether (sulfide) groups is 1. The second-order valence-electron chi connectivity index (χ2n) is 4.61. The van der Waals surface area contributed by atoms with Crippen LogP contribution in [0.5, 0.6) is 0 Å². The molecule has 0 saturated heterocycles. The number of pyridine rings is 1. The first kappa shape index (κ1) is 14.6. The van der Waals surface area contributed by atoms with Gasteiger partial charge in [-0.1, -0.05) is 0 Å². The van der Waals surface area contributed by atoms with Crippen LogP contribution < -0.4 is 5.32 Å². The van der Waals surface area contributed by atoms with E-state index >= 15 is 0 Å². The number of carbonyl (C=O) groups excluding carboxylic acids is 1. The van der Waals surface area contributed by atoms with Crippen LogP contribution in [0.15, 0.2) is 29.4 Å². The van der Waals surface area contributed by atoms with Crippen molar-refractivity contribution < 1.29 is 4.79 Å². The van der Waals surface area contributed by atoms with E-state index in [2.05, 4.69) is 20.5 Å². The lowest BCUT2D eigenvalue weighted by molar-refractivity contribution is -0.119. The monoisotopic (exact) mass is 290 g/mol. The van der Waals surface area contributed by atoms with Crippen molar-refractivity contribution in [2.75, 3.05) is 5.75 Å². The molecular weight excluding hydrogens is 272 g/mol. The smallest absolute Gasteiger partial charge is 0.230 e. The van der Waals surface area contributed by atoms with E-state index < -0.39 is 0 Å². The highest BCUT2D eigenvalue weighted by Gasteiger charge is 2.16. The molecule has 6 heteroatoms. The molecule has 2 N–H and O–H groups in total. The molecule has 20 heavy (non-hydrogen) atoms. The van der Waals surface area contributed by atoms with Crippen LogP contribution in [0.2, 0.25) is 0 Å². The summed E-state index contributed by atoms with van der Waals surface area (Å²) in [7, 11) is 0. The fourth-order valence-corrected chi connectivity index (χ4v) is 2.83. The Hall–Kier alpha value is -1.82. The molecule has 0 spiro atoms. The largest absolute Gasteiger partial charge is 0.349 e. The normalized spacial score (nSPS) is 12.2. The summed E-state index contributed by atoms with van der Waals surface area (Å²) in [6.45, 7) is 5.87. The van der Waals surface area contributed by atoms with E-state index in [9.17, 15) is 4.79 Å². The number of aryl methyl sites for hydroxylation is 2. The van der Waals surface area contributed by atoms with E-state index in [1.165, 1.54) is 11.8 Å². The van der Waals surface area contributed by atoms with Gasteiger partial charge in [0.05, 0.1) is 17.5 Å². The zero-order valence-electron chi connectivity index (χ0n) is 11.8. The molecule has 2 aromatic rings. The first-order valence-electron chi connectivity index (χ1n) is 6.41. The molecule has 0 unspecified atom stereocenters. The number of H-pyrrole nitrogens is 1. The average Bonchev–Trinajstić information content (AvgIpc) is 2.77. The standard InChI is InChI=1S/C14H18N4OS/c1-9(14-10(2)17-18-11(14)3)16-13(19)8-20-12-4-6-15-7-5-12/h4-7,9H,8H2,1-3H3,(H,16,19)(H,17,18)/t9-/m0/s1. The fraction of sp³-hybridized carbons (Fsp3) is 0.357. The predicted molar refractivity (Wildman–Crippen MR) is 79.6 cm³/mol. The molecule has 1 amide bonds. The Morgan fingerprint density at radius 3 is 2.70 bits per heavy atom. The molecule has 0 bridgehead atoms. The maximum Gasteiger partial charge on any atom is 0.230 e. The molecule has 2 rings (SSSR count). The molecule has 0 aliphatic heterocycles. The van der Waals surface area contributed by atoms with Gasteiger partial charge in [0.1, 0.15) is 0 Å². The topological polar surface area (TPSA) is 70.7 Å². The number of amides is 1. The van der Waals surface area contributed by atoms with Gasteiger partial charge in [-0.05, 0) is 32.9 Å². The lowest BCUT2D eigenvalue weighted by Gasteiger charge is -2.14. The number of aromatic amines is 1. The van der Waals surface area contributed by atoms with Crippen molar-refractivity contribution >= 4 is 17.7 Å². The number of nitrogens with one attached hydrogen (secondary N) is 2. The second kappa shape index (κ2) is 6.56. The summed E-state index contributed by atoms with van der Waals surface area (Å²) in [5.41, 5.74) is 2.99. The summed E-state index contributed by atoms with van der Waals surface area (Å²) < 4.78 is 0. The zero-order valence-corrected chi connectivity index (χ0v) is 12.6. The van der Waals surface area contributed by atoms with Gasteiger partial charge in [-0.15, -0.1) is 11.8 Å². The number of carbonyl (C=O) groups is 1. The molecule has 2 aromatic heterocycles. The van der Waals surface area contributed by atoms with Crippen molar-refractivity contribution in [3.05, 3.63) is 41.5 Å². The minimum absolute atomic E-state index is 0.0133. The molecule has 0 saturated carbocycles. The Bertz CT molecular complexity index is 563. The number of hydrogen-bond acceptors (Lipinski definition) is 4. The van der Waals surface area contributed by atoms with Crippen LogP contribution in [0, 0.1) is 13.8 Å². The number of hydrogen-bond donors (Lipinski definition) is 2. The van der Waals surface area contributed by atoms with E-state index in [4.69, 9.17) is 0 Å². The molecule has 0 aliphatic carbocycles. The second-order valence-corrected chi connectivity index (χ2v) is 5.66. The van der Waals surface area contributed by atoms with Crippen molar-refractivity contribution in [2.45, 2.75) is 31.7 Å². The summed E-state index contributed by atoms with van der Waals surface area (Å²) in [6, 6.07) is 3.75. The van der Waals surface area contributed by atoms with E-state index in [1.807, 2.05) is 32.9 Å².